The maximum atomic E-state index is 11.7. The van der Waals surface area contributed by atoms with Gasteiger partial charge in [0.05, 0.1) is 23.8 Å². The molecule has 0 spiro atoms. The lowest BCUT2D eigenvalue weighted by Crippen LogP contribution is -2.35. The van der Waals surface area contributed by atoms with Crippen molar-refractivity contribution >= 4 is 21.8 Å². The van der Waals surface area contributed by atoms with Gasteiger partial charge >= 0.3 is 11.9 Å². The van der Waals surface area contributed by atoms with E-state index in [2.05, 4.69) is 0 Å². The highest BCUT2D eigenvalue weighted by molar-refractivity contribution is 7.91. The van der Waals surface area contributed by atoms with Crippen molar-refractivity contribution in [3.05, 3.63) is 0 Å². The first-order valence-electron chi connectivity index (χ1n) is 6.65. The summed E-state index contributed by atoms with van der Waals surface area (Å²) in [7, 11) is -3.04. The van der Waals surface area contributed by atoms with E-state index in [9.17, 15) is 23.1 Å². The Morgan fingerprint density at radius 3 is 2.15 bits per heavy atom. The molecule has 1 unspecified atom stereocenters. The van der Waals surface area contributed by atoms with E-state index >= 15 is 0 Å². The molecule has 6 nitrogen and oxygen atoms in total. The average Bonchev–Trinajstić information content (AvgIpc) is 2.23. The molecule has 0 aliphatic carbocycles. The Bertz CT molecular complexity index is 460. The predicted octanol–water partition coefficient (Wildman–Crippen LogP) is 1.24. The molecular weight excluding hydrogens is 284 g/mol. The lowest BCUT2D eigenvalue weighted by molar-refractivity contribution is -0.161. The summed E-state index contributed by atoms with van der Waals surface area (Å²) >= 11 is 0. The first kappa shape index (κ1) is 16.9. The zero-order chi connectivity index (χ0) is 15.6. The van der Waals surface area contributed by atoms with E-state index in [0.29, 0.717) is 12.8 Å². The minimum atomic E-state index is -3.04. The molecule has 0 saturated carbocycles. The first-order valence-corrected chi connectivity index (χ1v) is 8.47. The molecule has 0 aromatic rings. The van der Waals surface area contributed by atoms with Gasteiger partial charge in [0.1, 0.15) is 15.4 Å². The van der Waals surface area contributed by atoms with Crippen molar-refractivity contribution in [2.45, 2.75) is 45.6 Å². The summed E-state index contributed by atoms with van der Waals surface area (Å²) in [6.45, 7) is 5.15. The van der Waals surface area contributed by atoms with Gasteiger partial charge in [-0.2, -0.15) is 0 Å². The minimum absolute atomic E-state index is 0.00420. The molecule has 7 heteroatoms. The highest BCUT2D eigenvalue weighted by Gasteiger charge is 2.35. The number of carboxylic acids is 1. The van der Waals surface area contributed by atoms with E-state index in [-0.39, 0.29) is 23.8 Å². The van der Waals surface area contributed by atoms with Gasteiger partial charge in [-0.25, -0.2) is 8.42 Å². The number of carbonyl (C=O) groups is 2. The molecule has 1 aliphatic rings. The molecule has 20 heavy (non-hydrogen) atoms. The van der Waals surface area contributed by atoms with Crippen molar-refractivity contribution in [2.75, 3.05) is 11.5 Å². The van der Waals surface area contributed by atoms with E-state index in [4.69, 9.17) is 4.74 Å². The molecule has 116 valence electrons. The molecule has 1 rings (SSSR count). The largest absolute Gasteiger partial charge is 0.481 e. The van der Waals surface area contributed by atoms with E-state index in [0.717, 1.165) is 0 Å². The van der Waals surface area contributed by atoms with Crippen LogP contribution in [-0.2, 0) is 24.2 Å². The van der Waals surface area contributed by atoms with Gasteiger partial charge in [-0.3, -0.25) is 9.59 Å². The van der Waals surface area contributed by atoms with Crippen molar-refractivity contribution in [1.29, 1.82) is 0 Å². The van der Waals surface area contributed by atoms with Crippen LogP contribution in [0.25, 0.3) is 0 Å². The molecule has 1 aliphatic heterocycles. The average molecular weight is 306 g/mol. The van der Waals surface area contributed by atoms with Crippen LogP contribution in [0.15, 0.2) is 0 Å². The fourth-order valence-corrected chi connectivity index (χ4v) is 3.86. The van der Waals surface area contributed by atoms with Crippen LogP contribution in [0, 0.1) is 11.8 Å². The highest BCUT2D eigenvalue weighted by Crippen LogP contribution is 2.29. The summed E-state index contributed by atoms with van der Waals surface area (Å²) in [6, 6.07) is 0. The fraction of sp³-hybridized carbons (Fsp3) is 0.846. The number of ether oxygens (including phenoxy) is 1. The lowest BCUT2D eigenvalue weighted by atomic mass is 9.85. The van der Waals surface area contributed by atoms with E-state index in [1.165, 1.54) is 0 Å². The number of carboxylic acid groups (broad SMARTS) is 1. The van der Waals surface area contributed by atoms with Gasteiger partial charge < -0.3 is 9.84 Å². The van der Waals surface area contributed by atoms with Crippen LogP contribution in [0.4, 0.5) is 0 Å². The quantitative estimate of drug-likeness (QED) is 0.785. The van der Waals surface area contributed by atoms with Crippen molar-refractivity contribution in [1.82, 2.24) is 0 Å². The second-order valence-electron chi connectivity index (χ2n) is 6.22. The van der Waals surface area contributed by atoms with E-state index in [1.807, 2.05) is 0 Å². The lowest BCUT2D eigenvalue weighted by Gasteiger charge is -2.28. The number of sulfone groups is 1. The third-order valence-electron chi connectivity index (χ3n) is 3.29. The number of carbonyl (C=O) groups excluding carboxylic acids is 1. The number of esters is 1. The zero-order valence-corrected chi connectivity index (χ0v) is 12.9. The number of hydrogen-bond acceptors (Lipinski definition) is 5. The standard InChI is InChI=1S/C13H22O6S/c1-13(2,3)19-11(14)8-10(12(15)16)9-4-6-20(17,18)7-5-9/h9-10H,4-8H2,1-3H3,(H,15,16). The Hall–Kier alpha value is -1.11. The highest BCUT2D eigenvalue weighted by atomic mass is 32.2. The Labute approximate surface area is 119 Å². The monoisotopic (exact) mass is 306 g/mol. The number of rotatable bonds is 4. The Morgan fingerprint density at radius 2 is 1.75 bits per heavy atom. The third-order valence-corrected chi connectivity index (χ3v) is 5.01. The van der Waals surface area contributed by atoms with E-state index < -0.39 is 33.3 Å². The molecule has 0 aromatic heterocycles. The molecule has 0 bridgehead atoms. The summed E-state index contributed by atoms with van der Waals surface area (Å²) in [6.07, 6.45) is 0.377. The van der Waals surface area contributed by atoms with Gasteiger partial charge in [-0.1, -0.05) is 0 Å². The van der Waals surface area contributed by atoms with Gasteiger partial charge in [0.2, 0.25) is 0 Å². The Kier molecular flexibility index (Phi) is 5.18. The van der Waals surface area contributed by atoms with Crippen LogP contribution < -0.4 is 0 Å². The molecule has 0 aromatic carbocycles. The molecule has 1 heterocycles. The van der Waals surface area contributed by atoms with Crippen molar-refractivity contribution in [3.8, 4) is 0 Å². The van der Waals surface area contributed by atoms with Gasteiger partial charge in [-0.15, -0.1) is 0 Å². The molecular formula is C13H22O6S. The SMILES string of the molecule is CC(C)(C)OC(=O)CC(C(=O)O)C1CCS(=O)(=O)CC1. The Morgan fingerprint density at radius 1 is 1.25 bits per heavy atom. The van der Waals surface area contributed by atoms with Crippen LogP contribution in [0.1, 0.15) is 40.0 Å². The smallest absolute Gasteiger partial charge is 0.307 e. The zero-order valence-electron chi connectivity index (χ0n) is 12.1. The summed E-state index contributed by atoms with van der Waals surface area (Å²) in [5.41, 5.74) is -0.657. The number of aliphatic carboxylic acids is 1. The molecule has 1 saturated heterocycles. The second-order valence-corrected chi connectivity index (χ2v) is 8.53. The fourth-order valence-electron chi connectivity index (χ4n) is 2.33. The molecule has 1 fully saturated rings. The van der Waals surface area contributed by atoms with Crippen molar-refractivity contribution in [2.24, 2.45) is 11.8 Å². The van der Waals surface area contributed by atoms with Gasteiger partial charge in [-0.05, 0) is 39.5 Å². The van der Waals surface area contributed by atoms with Crippen molar-refractivity contribution < 1.29 is 27.9 Å². The normalized spacial score (nSPS) is 21.1. The summed E-state index contributed by atoms with van der Waals surface area (Å²) in [4.78, 5) is 23.0. The first-order chi connectivity index (χ1) is 9.00. The van der Waals surface area contributed by atoms with Crippen LogP contribution in [-0.4, -0.2) is 42.6 Å². The molecule has 0 radical (unpaired) electrons. The predicted molar refractivity (Wildman–Crippen MR) is 73.0 cm³/mol. The minimum Gasteiger partial charge on any atom is -0.481 e. The van der Waals surface area contributed by atoms with Gasteiger partial charge in [0, 0.05) is 0 Å². The van der Waals surface area contributed by atoms with Crippen LogP contribution >= 0.6 is 0 Å². The number of hydrogen-bond donors (Lipinski definition) is 1. The molecule has 1 atom stereocenters. The van der Waals surface area contributed by atoms with Gasteiger partial charge in [0.25, 0.3) is 0 Å². The molecule has 1 N–H and O–H groups in total. The summed E-state index contributed by atoms with van der Waals surface area (Å²) in [5, 5.41) is 9.25. The summed E-state index contributed by atoms with van der Waals surface area (Å²) < 4.78 is 27.8. The second kappa shape index (κ2) is 6.11. The topological polar surface area (TPSA) is 97.7 Å². The van der Waals surface area contributed by atoms with Crippen LogP contribution in [0.5, 0.6) is 0 Å². The van der Waals surface area contributed by atoms with Crippen LogP contribution in [0.3, 0.4) is 0 Å². The van der Waals surface area contributed by atoms with E-state index in [1.54, 1.807) is 20.8 Å². The van der Waals surface area contributed by atoms with Gasteiger partial charge in [0.15, 0.2) is 0 Å². The molecule has 0 amide bonds. The summed E-state index contributed by atoms with van der Waals surface area (Å²) in [5.74, 6) is -2.80. The van der Waals surface area contributed by atoms with Crippen molar-refractivity contribution in [3.63, 3.8) is 0 Å². The Balaban J connectivity index is 2.67. The third kappa shape index (κ3) is 5.48. The maximum absolute atomic E-state index is 11.7. The maximum Gasteiger partial charge on any atom is 0.307 e. The van der Waals surface area contributed by atoms with Crippen LogP contribution in [0.2, 0.25) is 0 Å².